The molecule has 0 atom stereocenters. The van der Waals surface area contributed by atoms with Crippen LogP contribution in [0.25, 0.3) is 10.8 Å². The average molecular weight is 285 g/mol. The molecule has 0 fully saturated rings. The molecular weight excluding hydrogens is 262 g/mol. The Morgan fingerprint density at radius 3 is 2.38 bits per heavy atom. The highest BCUT2D eigenvalue weighted by Gasteiger charge is 2.11. The van der Waals surface area contributed by atoms with Gasteiger partial charge < -0.3 is 16.0 Å². The molecule has 2 rings (SSSR count). The van der Waals surface area contributed by atoms with E-state index in [0.717, 1.165) is 30.4 Å². The van der Waals surface area contributed by atoms with Gasteiger partial charge in [-0.15, -0.1) is 0 Å². The summed E-state index contributed by atoms with van der Waals surface area (Å²) in [5.41, 5.74) is 7.07. The van der Waals surface area contributed by atoms with Crippen molar-refractivity contribution in [3.05, 3.63) is 42.0 Å². The first kappa shape index (κ1) is 15.3. The Hall–Kier alpha value is -2.07. The van der Waals surface area contributed by atoms with Crippen molar-refractivity contribution in [3.63, 3.8) is 0 Å². The van der Waals surface area contributed by atoms with Gasteiger partial charge in [0.2, 0.25) is 0 Å². The van der Waals surface area contributed by atoms with Gasteiger partial charge in [-0.3, -0.25) is 4.79 Å². The minimum absolute atomic E-state index is 0.106. The van der Waals surface area contributed by atoms with Crippen LogP contribution < -0.4 is 11.1 Å². The molecule has 0 unspecified atom stereocenters. The monoisotopic (exact) mass is 285 g/mol. The number of carbonyl (C=O) groups is 1. The Morgan fingerprint density at radius 1 is 1.14 bits per heavy atom. The van der Waals surface area contributed by atoms with Gasteiger partial charge in [-0.05, 0) is 36.0 Å². The molecule has 0 bridgehead atoms. The molecule has 0 aliphatic carbocycles. The zero-order valence-corrected chi connectivity index (χ0v) is 12.7. The van der Waals surface area contributed by atoms with Gasteiger partial charge in [0, 0.05) is 18.8 Å². The predicted octanol–water partition coefficient (Wildman–Crippen LogP) is 2.49. The molecule has 4 nitrogen and oxygen atoms in total. The van der Waals surface area contributed by atoms with Crippen molar-refractivity contribution in [1.82, 2.24) is 10.2 Å². The second-order valence-corrected chi connectivity index (χ2v) is 5.07. The van der Waals surface area contributed by atoms with E-state index in [0.29, 0.717) is 17.8 Å². The summed E-state index contributed by atoms with van der Waals surface area (Å²) in [6.07, 6.45) is 0. The van der Waals surface area contributed by atoms with Crippen molar-refractivity contribution in [1.29, 1.82) is 0 Å². The number of benzene rings is 2. The Balaban J connectivity index is 2.07. The molecule has 0 aliphatic heterocycles. The Kier molecular flexibility index (Phi) is 5.17. The van der Waals surface area contributed by atoms with E-state index in [1.807, 2.05) is 36.4 Å². The van der Waals surface area contributed by atoms with Crippen LogP contribution in [-0.2, 0) is 0 Å². The van der Waals surface area contributed by atoms with Crippen LogP contribution in [-0.4, -0.2) is 37.0 Å². The molecular formula is C17H23N3O. The number of carbonyl (C=O) groups excluding carboxylic acids is 1. The Labute approximate surface area is 125 Å². The van der Waals surface area contributed by atoms with Gasteiger partial charge in [-0.1, -0.05) is 38.1 Å². The molecule has 0 spiro atoms. The number of nitrogen functional groups attached to an aromatic ring is 1. The zero-order valence-electron chi connectivity index (χ0n) is 12.7. The molecule has 1 amide bonds. The maximum absolute atomic E-state index is 12.3. The average Bonchev–Trinajstić information content (AvgIpc) is 2.50. The summed E-state index contributed by atoms with van der Waals surface area (Å²) in [4.78, 5) is 14.5. The van der Waals surface area contributed by atoms with Crippen molar-refractivity contribution >= 4 is 22.4 Å². The van der Waals surface area contributed by atoms with Gasteiger partial charge in [0.25, 0.3) is 5.91 Å². The van der Waals surface area contributed by atoms with Crippen molar-refractivity contribution in [2.45, 2.75) is 13.8 Å². The quantitative estimate of drug-likeness (QED) is 0.802. The first-order chi connectivity index (χ1) is 10.2. The van der Waals surface area contributed by atoms with Crippen LogP contribution in [0.4, 0.5) is 5.69 Å². The molecule has 0 saturated carbocycles. The number of likely N-dealkylation sites (N-methyl/N-ethyl adjacent to an activating group) is 1. The van der Waals surface area contributed by atoms with Gasteiger partial charge in [0.15, 0.2) is 0 Å². The number of hydrogen-bond acceptors (Lipinski definition) is 3. The SMILES string of the molecule is CCN(CC)CCNC(=O)c1cc2ccccc2cc1N. The summed E-state index contributed by atoms with van der Waals surface area (Å²) in [7, 11) is 0. The maximum Gasteiger partial charge on any atom is 0.253 e. The molecule has 0 aliphatic rings. The molecule has 3 N–H and O–H groups in total. The highest BCUT2D eigenvalue weighted by molar-refractivity contribution is 6.03. The lowest BCUT2D eigenvalue weighted by Gasteiger charge is -2.18. The second-order valence-electron chi connectivity index (χ2n) is 5.07. The lowest BCUT2D eigenvalue weighted by molar-refractivity contribution is 0.0950. The zero-order chi connectivity index (χ0) is 15.2. The molecule has 112 valence electrons. The Bertz CT molecular complexity index is 620. The number of nitrogens with one attached hydrogen (secondary N) is 1. The van der Waals surface area contributed by atoms with Gasteiger partial charge in [-0.25, -0.2) is 0 Å². The summed E-state index contributed by atoms with van der Waals surface area (Å²) in [5.74, 6) is -0.106. The summed E-state index contributed by atoms with van der Waals surface area (Å²) in [5, 5.41) is 5.02. The fourth-order valence-corrected chi connectivity index (χ4v) is 2.42. The van der Waals surface area contributed by atoms with Crippen LogP contribution in [0.1, 0.15) is 24.2 Å². The minimum atomic E-state index is -0.106. The highest BCUT2D eigenvalue weighted by Crippen LogP contribution is 2.21. The number of fused-ring (bicyclic) bond motifs is 1. The minimum Gasteiger partial charge on any atom is -0.398 e. The number of nitrogens with zero attached hydrogens (tertiary/aromatic N) is 1. The summed E-state index contributed by atoms with van der Waals surface area (Å²) in [6, 6.07) is 11.6. The van der Waals surface area contributed by atoms with Crippen molar-refractivity contribution in [3.8, 4) is 0 Å². The van der Waals surface area contributed by atoms with Crippen LogP contribution in [0.5, 0.6) is 0 Å². The number of anilines is 1. The van der Waals surface area contributed by atoms with E-state index < -0.39 is 0 Å². The van der Waals surface area contributed by atoms with Crippen molar-refractivity contribution in [2.75, 3.05) is 31.9 Å². The van der Waals surface area contributed by atoms with E-state index in [1.165, 1.54) is 0 Å². The molecule has 2 aromatic rings. The van der Waals surface area contributed by atoms with E-state index in [2.05, 4.69) is 24.1 Å². The topological polar surface area (TPSA) is 58.4 Å². The van der Waals surface area contributed by atoms with Gasteiger partial charge in [0.05, 0.1) is 5.56 Å². The third-order valence-corrected chi connectivity index (χ3v) is 3.77. The molecule has 4 heteroatoms. The second kappa shape index (κ2) is 7.09. The van der Waals surface area contributed by atoms with E-state index in [1.54, 1.807) is 0 Å². The van der Waals surface area contributed by atoms with Crippen molar-refractivity contribution < 1.29 is 4.79 Å². The highest BCUT2D eigenvalue weighted by atomic mass is 16.1. The first-order valence-electron chi connectivity index (χ1n) is 7.44. The number of hydrogen-bond donors (Lipinski definition) is 2. The third-order valence-electron chi connectivity index (χ3n) is 3.77. The van der Waals surface area contributed by atoms with E-state index in [4.69, 9.17) is 5.73 Å². The largest absolute Gasteiger partial charge is 0.398 e. The fraction of sp³-hybridized carbons (Fsp3) is 0.353. The molecule has 0 aromatic heterocycles. The summed E-state index contributed by atoms with van der Waals surface area (Å²) in [6.45, 7) is 7.70. The molecule has 0 radical (unpaired) electrons. The van der Waals surface area contributed by atoms with Crippen LogP contribution >= 0.6 is 0 Å². The maximum atomic E-state index is 12.3. The van der Waals surface area contributed by atoms with Crippen LogP contribution in [0.15, 0.2) is 36.4 Å². The standard InChI is InChI=1S/C17H23N3O/c1-3-20(4-2)10-9-19-17(21)15-11-13-7-5-6-8-14(13)12-16(15)18/h5-8,11-12H,3-4,9-10,18H2,1-2H3,(H,19,21). The van der Waals surface area contributed by atoms with E-state index in [9.17, 15) is 4.79 Å². The van der Waals surface area contributed by atoms with Gasteiger partial charge in [-0.2, -0.15) is 0 Å². The predicted molar refractivity (Wildman–Crippen MR) is 88.5 cm³/mol. The molecule has 0 saturated heterocycles. The molecule has 2 aromatic carbocycles. The smallest absolute Gasteiger partial charge is 0.253 e. The molecule has 0 heterocycles. The lowest BCUT2D eigenvalue weighted by atomic mass is 10.0. The van der Waals surface area contributed by atoms with Crippen LogP contribution in [0.3, 0.4) is 0 Å². The van der Waals surface area contributed by atoms with Crippen LogP contribution in [0.2, 0.25) is 0 Å². The van der Waals surface area contributed by atoms with Crippen LogP contribution in [0, 0.1) is 0 Å². The third kappa shape index (κ3) is 3.73. The van der Waals surface area contributed by atoms with E-state index >= 15 is 0 Å². The van der Waals surface area contributed by atoms with E-state index in [-0.39, 0.29) is 5.91 Å². The number of amides is 1. The van der Waals surface area contributed by atoms with Gasteiger partial charge in [0.1, 0.15) is 0 Å². The van der Waals surface area contributed by atoms with Crippen molar-refractivity contribution in [2.24, 2.45) is 0 Å². The normalized spacial score (nSPS) is 11.0. The number of nitrogens with two attached hydrogens (primary N) is 1. The first-order valence-corrected chi connectivity index (χ1v) is 7.44. The van der Waals surface area contributed by atoms with Gasteiger partial charge >= 0.3 is 0 Å². The Morgan fingerprint density at radius 2 is 1.76 bits per heavy atom. The summed E-state index contributed by atoms with van der Waals surface area (Å²) < 4.78 is 0. The summed E-state index contributed by atoms with van der Waals surface area (Å²) >= 11 is 0. The number of rotatable bonds is 6. The molecule has 21 heavy (non-hydrogen) atoms. The lowest BCUT2D eigenvalue weighted by Crippen LogP contribution is -2.35. The fourth-order valence-electron chi connectivity index (χ4n) is 2.42.